The predicted molar refractivity (Wildman–Crippen MR) is 105 cm³/mol. The van der Waals surface area contributed by atoms with Crippen LogP contribution in [0.4, 0.5) is 11.4 Å². The van der Waals surface area contributed by atoms with Crippen molar-refractivity contribution >= 4 is 23.2 Å². The van der Waals surface area contributed by atoms with Gasteiger partial charge in [-0.1, -0.05) is 24.3 Å². The fourth-order valence-corrected chi connectivity index (χ4v) is 3.30. The molecule has 0 fully saturated rings. The van der Waals surface area contributed by atoms with E-state index < -0.39 is 0 Å². The number of carbonyl (C=O) groups is 2. The number of carbonyl (C=O) groups excluding carboxylic acids is 2. The van der Waals surface area contributed by atoms with Crippen molar-refractivity contribution in [1.29, 1.82) is 0 Å². The summed E-state index contributed by atoms with van der Waals surface area (Å²) >= 11 is 0. The highest BCUT2D eigenvalue weighted by molar-refractivity contribution is 6.08. The van der Waals surface area contributed by atoms with Crippen molar-refractivity contribution in [2.75, 3.05) is 16.8 Å². The second kappa shape index (κ2) is 7.41. The third kappa shape index (κ3) is 3.58. The summed E-state index contributed by atoms with van der Waals surface area (Å²) in [5.41, 5.74) is 3.79. The summed E-state index contributed by atoms with van der Waals surface area (Å²) in [4.78, 5) is 31.1. The molecule has 1 N–H and O–H groups in total. The number of nitrogens with one attached hydrogen (secondary N) is 1. The molecule has 1 aromatic heterocycles. The number of nitrogens with zero attached hydrogens (tertiary/aromatic N) is 2. The Bertz CT molecular complexity index is 971. The van der Waals surface area contributed by atoms with E-state index in [1.807, 2.05) is 36.4 Å². The lowest BCUT2D eigenvalue weighted by Gasteiger charge is -2.30. The highest BCUT2D eigenvalue weighted by Gasteiger charge is 2.24. The first kappa shape index (κ1) is 17.0. The number of aryl methyl sites for hydroxylation is 1. The first-order valence-electron chi connectivity index (χ1n) is 8.93. The van der Waals surface area contributed by atoms with Gasteiger partial charge in [-0.05, 0) is 54.8 Å². The Morgan fingerprint density at radius 3 is 2.56 bits per heavy atom. The Kier molecular flexibility index (Phi) is 4.66. The van der Waals surface area contributed by atoms with E-state index in [0.717, 1.165) is 24.1 Å². The van der Waals surface area contributed by atoms with Gasteiger partial charge in [-0.2, -0.15) is 0 Å². The van der Waals surface area contributed by atoms with E-state index in [2.05, 4.69) is 10.3 Å². The Morgan fingerprint density at radius 1 is 0.963 bits per heavy atom. The number of anilines is 2. The molecule has 1 aliphatic heterocycles. The van der Waals surface area contributed by atoms with Gasteiger partial charge in [-0.15, -0.1) is 0 Å². The van der Waals surface area contributed by atoms with E-state index >= 15 is 0 Å². The molecule has 2 amide bonds. The Balaban J connectivity index is 1.61. The summed E-state index contributed by atoms with van der Waals surface area (Å²) in [5, 5.41) is 2.92. The minimum Gasteiger partial charge on any atom is -0.322 e. The van der Waals surface area contributed by atoms with Crippen LogP contribution in [0.1, 0.15) is 32.7 Å². The van der Waals surface area contributed by atoms with Crippen molar-refractivity contribution in [2.24, 2.45) is 0 Å². The van der Waals surface area contributed by atoms with E-state index in [-0.39, 0.29) is 11.8 Å². The van der Waals surface area contributed by atoms with Gasteiger partial charge >= 0.3 is 0 Å². The van der Waals surface area contributed by atoms with Crippen LogP contribution < -0.4 is 10.2 Å². The number of fused-ring (bicyclic) bond motifs is 1. The molecule has 0 unspecified atom stereocenters. The molecule has 0 saturated carbocycles. The number of amides is 2. The maximum absolute atomic E-state index is 12.9. The van der Waals surface area contributed by atoms with Crippen LogP contribution in [0.3, 0.4) is 0 Å². The Hall–Kier alpha value is -3.47. The highest BCUT2D eigenvalue weighted by atomic mass is 16.2. The van der Waals surface area contributed by atoms with Crippen LogP contribution >= 0.6 is 0 Å². The topological polar surface area (TPSA) is 62.3 Å². The SMILES string of the molecule is O=C(Nc1ccc2c(c1)N(C(=O)c1cccnc1)CCC2)c1ccccc1. The van der Waals surface area contributed by atoms with Gasteiger partial charge in [0.1, 0.15) is 0 Å². The molecule has 0 bridgehead atoms. The molecular weight excluding hydrogens is 338 g/mol. The second-order valence-corrected chi connectivity index (χ2v) is 6.47. The first-order chi connectivity index (χ1) is 13.2. The highest BCUT2D eigenvalue weighted by Crippen LogP contribution is 2.31. The van der Waals surface area contributed by atoms with Gasteiger partial charge in [0.05, 0.1) is 5.56 Å². The molecular formula is C22H19N3O2. The van der Waals surface area contributed by atoms with Crippen molar-refractivity contribution < 1.29 is 9.59 Å². The molecule has 0 saturated heterocycles. The van der Waals surface area contributed by atoms with Crippen LogP contribution in [0.5, 0.6) is 0 Å². The average Bonchev–Trinajstić information content (AvgIpc) is 2.74. The number of hydrogen-bond acceptors (Lipinski definition) is 3. The second-order valence-electron chi connectivity index (χ2n) is 6.47. The molecule has 2 aromatic carbocycles. The minimum atomic E-state index is -0.170. The van der Waals surface area contributed by atoms with Gasteiger partial charge in [0.15, 0.2) is 0 Å². The maximum atomic E-state index is 12.9. The molecule has 4 rings (SSSR count). The summed E-state index contributed by atoms with van der Waals surface area (Å²) in [6.45, 7) is 0.650. The van der Waals surface area contributed by atoms with Crippen LogP contribution in [0.15, 0.2) is 73.1 Å². The summed E-state index contributed by atoms with van der Waals surface area (Å²) in [6.07, 6.45) is 5.06. The minimum absolute atomic E-state index is 0.0735. The molecule has 27 heavy (non-hydrogen) atoms. The Morgan fingerprint density at radius 2 is 1.78 bits per heavy atom. The van der Waals surface area contributed by atoms with Gasteiger partial charge in [-0.3, -0.25) is 14.6 Å². The summed E-state index contributed by atoms with van der Waals surface area (Å²) in [5.74, 6) is -0.243. The normalized spacial score (nSPS) is 13.0. The van der Waals surface area contributed by atoms with Crippen molar-refractivity contribution in [2.45, 2.75) is 12.8 Å². The number of aromatic nitrogens is 1. The number of benzene rings is 2. The van der Waals surface area contributed by atoms with Gasteiger partial charge in [0, 0.05) is 35.9 Å². The van der Waals surface area contributed by atoms with E-state index in [1.54, 1.807) is 41.6 Å². The largest absolute Gasteiger partial charge is 0.322 e. The van der Waals surface area contributed by atoms with Crippen molar-refractivity contribution in [3.05, 3.63) is 89.7 Å². The quantitative estimate of drug-likeness (QED) is 0.773. The van der Waals surface area contributed by atoms with Gasteiger partial charge in [0.2, 0.25) is 0 Å². The summed E-state index contributed by atoms with van der Waals surface area (Å²) < 4.78 is 0. The molecule has 134 valence electrons. The van der Waals surface area contributed by atoms with Crippen LogP contribution in [0.25, 0.3) is 0 Å². The zero-order valence-corrected chi connectivity index (χ0v) is 14.8. The average molecular weight is 357 g/mol. The molecule has 0 atom stereocenters. The lowest BCUT2D eigenvalue weighted by atomic mass is 10.00. The van der Waals surface area contributed by atoms with Crippen LogP contribution in [-0.2, 0) is 6.42 Å². The monoisotopic (exact) mass is 357 g/mol. The maximum Gasteiger partial charge on any atom is 0.259 e. The third-order valence-corrected chi connectivity index (χ3v) is 4.65. The van der Waals surface area contributed by atoms with E-state index in [1.165, 1.54) is 0 Å². The van der Waals surface area contributed by atoms with Gasteiger partial charge in [0.25, 0.3) is 11.8 Å². The van der Waals surface area contributed by atoms with Crippen molar-refractivity contribution in [3.8, 4) is 0 Å². The van der Waals surface area contributed by atoms with E-state index in [4.69, 9.17) is 0 Å². The molecule has 0 radical (unpaired) electrons. The zero-order valence-electron chi connectivity index (χ0n) is 14.8. The van der Waals surface area contributed by atoms with Crippen molar-refractivity contribution in [3.63, 3.8) is 0 Å². The molecule has 5 heteroatoms. The number of rotatable bonds is 3. The van der Waals surface area contributed by atoms with Crippen molar-refractivity contribution in [1.82, 2.24) is 4.98 Å². The lowest BCUT2D eigenvalue weighted by molar-refractivity contribution is 0.0983. The molecule has 2 heterocycles. The number of hydrogen-bond donors (Lipinski definition) is 1. The first-order valence-corrected chi connectivity index (χ1v) is 8.93. The molecule has 1 aliphatic rings. The standard InChI is InChI=1S/C22H19N3O2/c26-21(17-6-2-1-3-7-17)24-19-11-10-16-9-5-13-25(20(16)14-19)22(27)18-8-4-12-23-15-18/h1-4,6-8,10-12,14-15H,5,9,13H2,(H,24,26). The molecule has 5 nitrogen and oxygen atoms in total. The lowest BCUT2D eigenvalue weighted by Crippen LogP contribution is -2.35. The van der Waals surface area contributed by atoms with E-state index in [9.17, 15) is 9.59 Å². The summed E-state index contributed by atoms with van der Waals surface area (Å²) in [6, 6.07) is 18.3. The fourth-order valence-electron chi connectivity index (χ4n) is 3.30. The summed E-state index contributed by atoms with van der Waals surface area (Å²) in [7, 11) is 0. The smallest absolute Gasteiger partial charge is 0.259 e. The zero-order chi connectivity index (χ0) is 18.6. The third-order valence-electron chi connectivity index (χ3n) is 4.65. The van der Waals surface area contributed by atoms with Crippen LogP contribution in [-0.4, -0.2) is 23.3 Å². The van der Waals surface area contributed by atoms with Crippen LogP contribution in [0.2, 0.25) is 0 Å². The Labute approximate surface area is 157 Å². The van der Waals surface area contributed by atoms with Gasteiger partial charge in [-0.25, -0.2) is 0 Å². The molecule has 0 aliphatic carbocycles. The number of pyridine rings is 1. The predicted octanol–water partition coefficient (Wildman–Crippen LogP) is 3.93. The molecule has 0 spiro atoms. The van der Waals surface area contributed by atoms with E-state index in [0.29, 0.717) is 23.4 Å². The fraction of sp³-hybridized carbons (Fsp3) is 0.136. The van der Waals surface area contributed by atoms with Gasteiger partial charge < -0.3 is 10.2 Å². The molecule has 3 aromatic rings. The van der Waals surface area contributed by atoms with Crippen LogP contribution in [0, 0.1) is 0 Å².